The number of aliphatic hydroxyl groups is 1. The van der Waals surface area contributed by atoms with Crippen molar-refractivity contribution in [1.82, 2.24) is 4.98 Å². The fourth-order valence-corrected chi connectivity index (χ4v) is 3.03. The molecule has 0 saturated heterocycles. The summed E-state index contributed by atoms with van der Waals surface area (Å²) in [6.07, 6.45) is 0. The average molecular weight is 285 g/mol. The van der Waals surface area contributed by atoms with E-state index in [1.54, 1.807) is 6.07 Å². The molecule has 0 fully saturated rings. The van der Waals surface area contributed by atoms with E-state index in [4.69, 9.17) is 0 Å². The van der Waals surface area contributed by atoms with Crippen molar-refractivity contribution in [2.75, 3.05) is 0 Å². The van der Waals surface area contributed by atoms with Crippen LogP contribution in [-0.2, 0) is 6.61 Å². The van der Waals surface area contributed by atoms with Gasteiger partial charge in [-0.25, -0.2) is 9.37 Å². The van der Waals surface area contributed by atoms with E-state index in [1.807, 2.05) is 24.3 Å². The lowest BCUT2D eigenvalue weighted by Gasteiger charge is -2.07. The van der Waals surface area contributed by atoms with Crippen molar-refractivity contribution < 1.29 is 9.50 Å². The minimum Gasteiger partial charge on any atom is -0.392 e. The second-order valence-electron chi connectivity index (χ2n) is 4.42. The summed E-state index contributed by atoms with van der Waals surface area (Å²) in [5, 5.41) is 10.1. The number of aliphatic hydroxyl groups excluding tert-OH is 1. The molecule has 0 aliphatic rings. The molecule has 0 aliphatic heterocycles. The van der Waals surface area contributed by atoms with Crippen LogP contribution in [0.2, 0.25) is 0 Å². The van der Waals surface area contributed by atoms with E-state index in [2.05, 4.69) is 11.6 Å². The summed E-state index contributed by atoms with van der Waals surface area (Å²) in [6.45, 7) is 4.02. The molecule has 0 unspecified atom stereocenters. The highest BCUT2D eigenvalue weighted by molar-refractivity contribution is 7.19. The number of hydrogen-bond acceptors (Lipinski definition) is 3. The molecule has 2 nitrogen and oxygen atoms in total. The van der Waals surface area contributed by atoms with Gasteiger partial charge >= 0.3 is 0 Å². The molecule has 20 heavy (non-hydrogen) atoms. The predicted molar refractivity (Wildman–Crippen MR) is 80.1 cm³/mol. The maximum absolute atomic E-state index is 13.2. The number of rotatable bonds is 3. The second kappa shape index (κ2) is 5.15. The van der Waals surface area contributed by atoms with Gasteiger partial charge in [0.05, 0.1) is 16.8 Å². The van der Waals surface area contributed by atoms with E-state index < -0.39 is 0 Å². The van der Waals surface area contributed by atoms with Crippen molar-refractivity contribution in [3.63, 3.8) is 0 Å². The lowest BCUT2D eigenvalue weighted by atomic mass is 10.0. The van der Waals surface area contributed by atoms with Crippen LogP contribution in [0, 0.1) is 5.82 Å². The van der Waals surface area contributed by atoms with E-state index >= 15 is 0 Å². The van der Waals surface area contributed by atoms with Gasteiger partial charge < -0.3 is 5.11 Å². The first-order chi connectivity index (χ1) is 9.69. The fourth-order valence-electron chi connectivity index (χ4n) is 2.10. The first kappa shape index (κ1) is 13.0. The summed E-state index contributed by atoms with van der Waals surface area (Å²) in [5.74, 6) is -0.296. The molecule has 0 atom stereocenters. The topological polar surface area (TPSA) is 33.1 Å². The molecule has 0 aliphatic carbocycles. The van der Waals surface area contributed by atoms with Gasteiger partial charge in [0.2, 0.25) is 0 Å². The normalized spacial score (nSPS) is 10.9. The summed E-state index contributed by atoms with van der Waals surface area (Å²) in [5.41, 5.74) is 3.06. The van der Waals surface area contributed by atoms with Gasteiger partial charge in [0.15, 0.2) is 0 Å². The molecular formula is C16H12FNOS. The number of benzene rings is 2. The molecule has 0 spiro atoms. The zero-order chi connectivity index (χ0) is 14.1. The van der Waals surface area contributed by atoms with Gasteiger partial charge in [-0.1, -0.05) is 30.8 Å². The molecule has 1 heterocycles. The largest absolute Gasteiger partial charge is 0.392 e. The number of thiazole rings is 1. The third-order valence-corrected chi connectivity index (χ3v) is 4.22. The first-order valence-corrected chi connectivity index (χ1v) is 6.95. The first-order valence-electron chi connectivity index (χ1n) is 6.13. The molecule has 0 saturated carbocycles. The smallest absolute Gasteiger partial charge is 0.125 e. The van der Waals surface area contributed by atoms with Gasteiger partial charge in [0.1, 0.15) is 10.8 Å². The van der Waals surface area contributed by atoms with Crippen LogP contribution in [0.15, 0.2) is 49.0 Å². The molecule has 1 aromatic heterocycles. The molecule has 0 amide bonds. The quantitative estimate of drug-likeness (QED) is 0.789. The standard InChI is InChI=1S/C16H12FNOS/c1-10(13-5-3-2-4-11(13)9-19)16-18-14-8-12(17)6-7-15(14)20-16/h2-8,19H,1,9H2. The summed E-state index contributed by atoms with van der Waals surface area (Å²) in [6, 6.07) is 12.1. The second-order valence-corrected chi connectivity index (χ2v) is 5.46. The Morgan fingerprint density at radius 1 is 1.25 bits per heavy atom. The van der Waals surface area contributed by atoms with Gasteiger partial charge in [0.25, 0.3) is 0 Å². The van der Waals surface area contributed by atoms with Crippen molar-refractivity contribution in [2.45, 2.75) is 6.61 Å². The Kier molecular flexibility index (Phi) is 3.34. The van der Waals surface area contributed by atoms with Crippen molar-refractivity contribution in [3.8, 4) is 0 Å². The summed E-state index contributed by atoms with van der Waals surface area (Å²) >= 11 is 1.47. The fraction of sp³-hybridized carbons (Fsp3) is 0.0625. The molecule has 3 aromatic rings. The molecule has 0 bridgehead atoms. The van der Waals surface area contributed by atoms with E-state index in [0.717, 1.165) is 26.4 Å². The van der Waals surface area contributed by atoms with E-state index in [1.165, 1.54) is 23.5 Å². The van der Waals surface area contributed by atoms with Crippen molar-refractivity contribution in [3.05, 3.63) is 71.0 Å². The van der Waals surface area contributed by atoms with Crippen LogP contribution in [0.25, 0.3) is 15.8 Å². The maximum Gasteiger partial charge on any atom is 0.125 e. The minimum absolute atomic E-state index is 0.0469. The van der Waals surface area contributed by atoms with Crippen LogP contribution in [0.4, 0.5) is 4.39 Å². The van der Waals surface area contributed by atoms with Crippen molar-refractivity contribution in [2.24, 2.45) is 0 Å². The highest BCUT2D eigenvalue weighted by atomic mass is 32.1. The Labute approximate surface area is 119 Å². The van der Waals surface area contributed by atoms with E-state index in [-0.39, 0.29) is 12.4 Å². The molecule has 100 valence electrons. The Hall–Kier alpha value is -2.04. The summed E-state index contributed by atoms with van der Waals surface area (Å²) < 4.78 is 14.1. The summed E-state index contributed by atoms with van der Waals surface area (Å²) in [7, 11) is 0. The summed E-state index contributed by atoms with van der Waals surface area (Å²) in [4.78, 5) is 4.42. The molecule has 2 aromatic carbocycles. The van der Waals surface area contributed by atoms with Crippen molar-refractivity contribution >= 4 is 27.1 Å². The molecule has 3 rings (SSSR count). The lowest BCUT2D eigenvalue weighted by Crippen LogP contribution is -1.93. The Balaban J connectivity index is 2.08. The molecular weight excluding hydrogens is 273 g/mol. The van der Waals surface area contributed by atoms with Crippen LogP contribution < -0.4 is 0 Å². The third kappa shape index (κ3) is 2.24. The number of fused-ring (bicyclic) bond motifs is 1. The van der Waals surface area contributed by atoms with Gasteiger partial charge in [0, 0.05) is 11.6 Å². The molecule has 4 heteroatoms. The number of hydrogen-bond donors (Lipinski definition) is 1. The van der Waals surface area contributed by atoms with Crippen LogP contribution in [0.3, 0.4) is 0 Å². The zero-order valence-electron chi connectivity index (χ0n) is 10.6. The van der Waals surface area contributed by atoms with Crippen LogP contribution in [-0.4, -0.2) is 10.1 Å². The maximum atomic E-state index is 13.2. The van der Waals surface area contributed by atoms with Gasteiger partial charge in [-0.15, -0.1) is 11.3 Å². The van der Waals surface area contributed by atoms with Crippen LogP contribution in [0.5, 0.6) is 0 Å². The van der Waals surface area contributed by atoms with Gasteiger partial charge in [-0.05, 0) is 23.3 Å². The SMILES string of the molecule is C=C(c1nc2cc(F)ccc2s1)c1ccccc1CO. The molecule has 0 radical (unpaired) electrons. The van der Waals surface area contributed by atoms with E-state index in [9.17, 15) is 9.50 Å². The van der Waals surface area contributed by atoms with Gasteiger partial charge in [-0.2, -0.15) is 0 Å². The van der Waals surface area contributed by atoms with Crippen LogP contribution in [0.1, 0.15) is 16.1 Å². The molecule has 1 N–H and O–H groups in total. The number of halogens is 1. The third-order valence-electron chi connectivity index (χ3n) is 3.12. The highest BCUT2D eigenvalue weighted by Crippen LogP contribution is 2.31. The van der Waals surface area contributed by atoms with Crippen LogP contribution >= 0.6 is 11.3 Å². The monoisotopic (exact) mass is 285 g/mol. The highest BCUT2D eigenvalue weighted by Gasteiger charge is 2.12. The predicted octanol–water partition coefficient (Wildman–Crippen LogP) is 3.99. The minimum atomic E-state index is -0.296. The van der Waals surface area contributed by atoms with Crippen molar-refractivity contribution in [1.29, 1.82) is 0 Å². The lowest BCUT2D eigenvalue weighted by molar-refractivity contribution is 0.281. The number of nitrogens with zero attached hydrogens (tertiary/aromatic N) is 1. The Bertz CT molecular complexity index is 794. The van der Waals surface area contributed by atoms with Gasteiger partial charge in [-0.3, -0.25) is 0 Å². The Morgan fingerprint density at radius 3 is 2.85 bits per heavy atom. The Morgan fingerprint density at radius 2 is 2.05 bits per heavy atom. The van der Waals surface area contributed by atoms with E-state index in [0.29, 0.717) is 5.52 Å². The average Bonchev–Trinajstić information content (AvgIpc) is 2.89. The zero-order valence-corrected chi connectivity index (χ0v) is 11.5. The number of aromatic nitrogens is 1.